The van der Waals surface area contributed by atoms with Gasteiger partial charge in [-0.25, -0.2) is 9.79 Å². The average Bonchev–Trinajstić information content (AvgIpc) is 3.37. The minimum Gasteiger partial charge on any atom is -0.493 e. The molecule has 1 fully saturated rings. The molecule has 10 nitrogen and oxygen atoms in total. The Morgan fingerprint density at radius 2 is 2.07 bits per heavy atom. The van der Waals surface area contributed by atoms with Crippen LogP contribution in [0.3, 0.4) is 0 Å². The lowest BCUT2D eigenvalue weighted by Gasteiger charge is -2.14. The Hall–Kier alpha value is -3.95. The lowest BCUT2D eigenvalue weighted by molar-refractivity contribution is 0.454. The van der Waals surface area contributed by atoms with E-state index in [9.17, 15) is 9.90 Å². The third-order valence-electron chi connectivity index (χ3n) is 4.90. The molecule has 0 aliphatic heterocycles. The summed E-state index contributed by atoms with van der Waals surface area (Å²) in [6.45, 7) is 2.03. The third-order valence-corrected chi connectivity index (χ3v) is 4.90. The maximum Gasteiger partial charge on any atom is 0.326 e. The largest absolute Gasteiger partial charge is 0.493 e. The fourth-order valence-corrected chi connectivity index (χ4v) is 3.16. The Balaban J connectivity index is 1.63. The molecule has 4 N–H and O–H groups in total. The van der Waals surface area contributed by atoms with Crippen molar-refractivity contribution in [2.24, 2.45) is 4.99 Å². The Labute approximate surface area is 170 Å². The molecule has 1 aliphatic carbocycles. The Bertz CT molecular complexity index is 1380. The van der Waals surface area contributed by atoms with Crippen LogP contribution >= 0.6 is 0 Å². The minimum atomic E-state index is -0.492. The van der Waals surface area contributed by atoms with E-state index in [4.69, 9.17) is 0 Å². The van der Waals surface area contributed by atoms with Crippen LogP contribution in [0.15, 0.2) is 46.3 Å². The highest BCUT2D eigenvalue weighted by atomic mass is 16.3. The van der Waals surface area contributed by atoms with Gasteiger partial charge in [0, 0.05) is 5.22 Å². The molecule has 1 aromatic carbocycles. The van der Waals surface area contributed by atoms with Gasteiger partial charge in [-0.1, -0.05) is 30.3 Å². The normalized spacial score (nSPS) is 16.3. The van der Waals surface area contributed by atoms with E-state index in [1.54, 1.807) is 16.8 Å². The van der Waals surface area contributed by atoms with Gasteiger partial charge in [0.25, 0.3) is 5.62 Å². The van der Waals surface area contributed by atoms with Gasteiger partial charge in [0.2, 0.25) is 11.8 Å². The molecule has 1 atom stereocenters. The summed E-state index contributed by atoms with van der Waals surface area (Å²) in [7, 11) is 0. The van der Waals surface area contributed by atoms with Gasteiger partial charge < -0.3 is 15.4 Å². The zero-order chi connectivity index (χ0) is 20.7. The summed E-state index contributed by atoms with van der Waals surface area (Å²) in [5, 5.41) is 18.2. The standard InChI is InChI=1S/C20H20N8O2/c1-11(12-5-3-2-4-6-12)22-18-25-16-13(9-15-17(29)26-20(30)24-15)10-21-28(16)19(27-18)23-14-7-8-14/h2-6,9-11,14,29H,7-8H2,1H3,(H,22,23,27)(H2,24,26,30)/b13-9-. The van der Waals surface area contributed by atoms with Crippen molar-refractivity contribution in [2.75, 3.05) is 5.32 Å². The van der Waals surface area contributed by atoms with E-state index >= 15 is 0 Å². The lowest BCUT2D eigenvalue weighted by atomic mass is 10.1. The molecule has 4 aromatic rings. The smallest absolute Gasteiger partial charge is 0.326 e. The highest BCUT2D eigenvalue weighted by molar-refractivity contribution is 5.57. The fourth-order valence-electron chi connectivity index (χ4n) is 3.16. The first-order valence-corrected chi connectivity index (χ1v) is 9.71. The Kier molecular flexibility index (Phi) is 4.31. The van der Waals surface area contributed by atoms with E-state index in [2.05, 4.69) is 35.3 Å². The average molecular weight is 404 g/mol. The van der Waals surface area contributed by atoms with E-state index in [0.29, 0.717) is 22.4 Å². The zero-order valence-corrected chi connectivity index (χ0v) is 16.2. The molecular formula is C20H20N8O2. The van der Waals surface area contributed by atoms with Crippen molar-refractivity contribution >= 4 is 17.7 Å². The summed E-state index contributed by atoms with van der Waals surface area (Å²) in [5.41, 5.74) is 1.86. The van der Waals surface area contributed by atoms with Crippen molar-refractivity contribution in [3.63, 3.8) is 0 Å². The van der Waals surface area contributed by atoms with E-state index in [1.165, 1.54) is 0 Å². The van der Waals surface area contributed by atoms with Crippen LogP contribution in [0, 0.1) is 0 Å². The summed E-state index contributed by atoms with van der Waals surface area (Å²) in [6, 6.07) is 10.3. The molecular weight excluding hydrogens is 384 g/mol. The minimum absolute atomic E-state index is 0.0113. The Morgan fingerprint density at radius 1 is 1.27 bits per heavy atom. The number of nitrogens with zero attached hydrogens (tertiary/aromatic N) is 5. The lowest BCUT2D eigenvalue weighted by Crippen LogP contribution is -2.25. The molecule has 0 amide bonds. The van der Waals surface area contributed by atoms with Crippen LogP contribution in [0.2, 0.25) is 0 Å². The summed E-state index contributed by atoms with van der Waals surface area (Å²) >= 11 is 0. The van der Waals surface area contributed by atoms with Gasteiger partial charge in [-0.2, -0.15) is 19.6 Å². The van der Waals surface area contributed by atoms with E-state index in [-0.39, 0.29) is 23.7 Å². The predicted octanol–water partition coefficient (Wildman–Crippen LogP) is 0.630. The molecule has 1 aliphatic rings. The molecule has 3 aromatic heterocycles. The van der Waals surface area contributed by atoms with Gasteiger partial charge in [0.05, 0.1) is 18.3 Å². The molecule has 0 radical (unpaired) electrons. The number of benzene rings is 1. The number of imidazole rings is 1. The summed E-state index contributed by atoms with van der Waals surface area (Å²) in [4.78, 5) is 30.1. The molecule has 152 valence electrons. The number of nitrogens with one attached hydrogen (secondary N) is 3. The first-order chi connectivity index (χ1) is 14.6. The maximum atomic E-state index is 11.4. The maximum absolute atomic E-state index is 11.4. The number of fused-ring (bicyclic) bond motifs is 1. The van der Waals surface area contributed by atoms with Crippen molar-refractivity contribution in [1.82, 2.24) is 29.5 Å². The van der Waals surface area contributed by atoms with E-state index in [1.807, 2.05) is 37.3 Å². The van der Waals surface area contributed by atoms with Crippen LogP contribution in [-0.4, -0.2) is 40.7 Å². The number of hydrogen-bond donors (Lipinski definition) is 4. The number of anilines is 1. The van der Waals surface area contributed by atoms with Crippen molar-refractivity contribution < 1.29 is 5.11 Å². The molecule has 10 heteroatoms. The second-order valence-corrected chi connectivity index (χ2v) is 7.31. The fraction of sp³-hybridized carbons (Fsp3) is 0.250. The van der Waals surface area contributed by atoms with Crippen LogP contribution in [0.5, 0.6) is 5.88 Å². The van der Waals surface area contributed by atoms with Gasteiger partial charge in [0.1, 0.15) is 5.69 Å². The number of H-pyrrole nitrogens is 2. The van der Waals surface area contributed by atoms with Crippen LogP contribution in [0.4, 0.5) is 5.95 Å². The van der Waals surface area contributed by atoms with E-state index in [0.717, 1.165) is 18.4 Å². The molecule has 1 unspecified atom stereocenters. The topological polar surface area (TPSA) is 136 Å². The molecule has 0 saturated heterocycles. The third kappa shape index (κ3) is 3.54. The quantitative estimate of drug-likeness (QED) is 0.385. The number of aromatic amines is 2. The first kappa shape index (κ1) is 18.1. The predicted molar refractivity (Wildman–Crippen MR) is 110 cm³/mol. The van der Waals surface area contributed by atoms with Crippen molar-refractivity contribution in [3.8, 4) is 5.88 Å². The highest BCUT2D eigenvalue weighted by Gasteiger charge is 2.21. The molecule has 3 heterocycles. The number of aromatic nitrogens is 6. The van der Waals surface area contributed by atoms with Gasteiger partial charge in [-0.3, -0.25) is 4.98 Å². The summed E-state index contributed by atoms with van der Waals surface area (Å²) < 4.78 is 1.57. The van der Waals surface area contributed by atoms with Gasteiger partial charge >= 0.3 is 5.69 Å². The molecule has 1 saturated carbocycles. The summed E-state index contributed by atoms with van der Waals surface area (Å²) in [6.07, 6.45) is 5.28. The van der Waals surface area contributed by atoms with Crippen LogP contribution in [0.25, 0.3) is 11.7 Å². The van der Waals surface area contributed by atoms with Crippen molar-refractivity contribution in [3.05, 3.63) is 69.1 Å². The van der Waals surface area contributed by atoms with Crippen LogP contribution in [-0.2, 0) is 0 Å². The van der Waals surface area contributed by atoms with E-state index < -0.39 is 5.69 Å². The van der Waals surface area contributed by atoms with Crippen LogP contribution in [0.1, 0.15) is 37.1 Å². The number of hydrogen-bond acceptors (Lipinski definition) is 7. The second kappa shape index (κ2) is 7.14. The van der Waals surface area contributed by atoms with Crippen molar-refractivity contribution in [1.29, 1.82) is 0 Å². The zero-order valence-electron chi connectivity index (χ0n) is 16.2. The monoisotopic (exact) mass is 404 g/mol. The van der Waals surface area contributed by atoms with Gasteiger partial charge in [0.15, 0.2) is 5.65 Å². The Morgan fingerprint density at radius 3 is 2.77 bits per heavy atom. The molecule has 30 heavy (non-hydrogen) atoms. The number of aromatic hydroxyl groups is 1. The number of rotatable bonds is 5. The van der Waals surface area contributed by atoms with Gasteiger partial charge in [-0.15, -0.1) is 0 Å². The van der Waals surface area contributed by atoms with Crippen molar-refractivity contribution in [2.45, 2.75) is 31.8 Å². The first-order valence-electron chi connectivity index (χ1n) is 9.71. The molecule has 0 spiro atoms. The van der Waals surface area contributed by atoms with Crippen LogP contribution < -0.4 is 21.8 Å². The molecule has 5 rings (SSSR count). The second-order valence-electron chi connectivity index (χ2n) is 7.31. The highest BCUT2D eigenvalue weighted by Crippen LogP contribution is 2.22. The molecule has 0 bridgehead atoms. The summed E-state index contributed by atoms with van der Waals surface area (Å²) in [5.74, 6) is 0.188. The SMILES string of the molecule is CC(Nc1nc(=NC2CC2)n2nc/c(=C/c3[nH]c(=O)[nH]c3O)c2n1)c1ccccc1. The van der Waals surface area contributed by atoms with Gasteiger partial charge in [-0.05, 0) is 31.4 Å².